The van der Waals surface area contributed by atoms with Crippen molar-refractivity contribution in [3.8, 4) is 5.75 Å². The zero-order chi connectivity index (χ0) is 29.2. The van der Waals surface area contributed by atoms with Gasteiger partial charge in [-0.2, -0.15) is 0 Å². The third-order valence-electron chi connectivity index (χ3n) is 8.18. The van der Waals surface area contributed by atoms with Crippen molar-refractivity contribution in [2.45, 2.75) is 64.6 Å². The fraction of sp³-hybridized carbons (Fsp3) is 0.516. The molecule has 2 heterocycles. The molecular formula is C31H40N2O7. The molecule has 40 heavy (non-hydrogen) atoms. The second-order valence-corrected chi connectivity index (χ2v) is 11.9. The molecule has 0 aliphatic carbocycles. The van der Waals surface area contributed by atoms with Gasteiger partial charge in [0.25, 0.3) is 0 Å². The molecule has 2 aliphatic heterocycles. The molecule has 0 aromatic heterocycles. The number of allylic oxidation sites excluding steroid dienone is 1. The number of carbonyl (C=O) groups excluding carboxylic acids is 2. The lowest BCUT2D eigenvalue weighted by Gasteiger charge is -2.31. The highest BCUT2D eigenvalue weighted by molar-refractivity contribution is 5.91. The summed E-state index contributed by atoms with van der Waals surface area (Å²) in [7, 11) is 3.17. The quantitative estimate of drug-likeness (QED) is 0.551. The number of nitrogens with zero attached hydrogens (tertiary/aromatic N) is 1. The molecule has 9 nitrogen and oxygen atoms in total. The number of hydrogen-bond donors (Lipinski definition) is 2. The summed E-state index contributed by atoms with van der Waals surface area (Å²) < 4.78 is 17.1. The van der Waals surface area contributed by atoms with E-state index in [4.69, 9.17) is 14.2 Å². The molecule has 2 amide bonds. The number of carboxylic acids is 1. The fourth-order valence-electron chi connectivity index (χ4n) is 5.57. The maximum atomic E-state index is 13.8. The Labute approximate surface area is 235 Å². The molecule has 216 valence electrons. The molecule has 0 radical (unpaired) electrons. The number of alkyl carbamates (subject to hydrolysis) is 1. The van der Waals surface area contributed by atoms with Gasteiger partial charge in [0.05, 0.1) is 20.3 Å². The maximum Gasteiger partial charge on any atom is 0.407 e. The minimum Gasteiger partial charge on any atom is -0.496 e. The lowest BCUT2D eigenvalue weighted by atomic mass is 9.85. The average Bonchev–Trinajstić information content (AvgIpc) is 3.31. The van der Waals surface area contributed by atoms with Crippen molar-refractivity contribution in [2.24, 2.45) is 11.3 Å². The molecule has 1 fully saturated rings. The molecule has 5 bridgehead atoms. The predicted molar refractivity (Wildman–Crippen MR) is 152 cm³/mol. The molecule has 0 unspecified atom stereocenters. The average molecular weight is 553 g/mol. The number of methoxy groups -OCH3 is 2. The number of carbonyl (C=O) groups is 3. The molecule has 9 heteroatoms. The summed E-state index contributed by atoms with van der Waals surface area (Å²) in [6, 6.07) is 7.82. The Kier molecular flexibility index (Phi) is 8.44. The van der Waals surface area contributed by atoms with Crippen LogP contribution in [0.1, 0.15) is 58.1 Å². The van der Waals surface area contributed by atoms with Crippen molar-refractivity contribution in [1.29, 1.82) is 0 Å². The number of ether oxygens (including phenoxy) is 3. The monoisotopic (exact) mass is 552 g/mol. The van der Waals surface area contributed by atoms with Gasteiger partial charge in [-0.15, -0.1) is 0 Å². The van der Waals surface area contributed by atoms with Crippen molar-refractivity contribution in [3.63, 3.8) is 0 Å². The second-order valence-electron chi connectivity index (χ2n) is 11.9. The van der Waals surface area contributed by atoms with Crippen LogP contribution < -0.4 is 10.1 Å². The van der Waals surface area contributed by atoms with Crippen molar-refractivity contribution in [2.75, 3.05) is 27.4 Å². The van der Waals surface area contributed by atoms with Gasteiger partial charge in [-0.25, -0.2) is 9.59 Å². The Balaban J connectivity index is 1.85. The number of amides is 2. The highest BCUT2D eigenvalue weighted by atomic mass is 16.5. The largest absolute Gasteiger partial charge is 0.496 e. The van der Waals surface area contributed by atoms with E-state index in [9.17, 15) is 19.5 Å². The number of rotatable bonds is 4. The van der Waals surface area contributed by atoms with Crippen LogP contribution in [0, 0.1) is 11.3 Å². The Morgan fingerprint density at radius 2 is 1.90 bits per heavy atom. The summed E-state index contributed by atoms with van der Waals surface area (Å²) in [6.07, 6.45) is 4.87. The van der Waals surface area contributed by atoms with Crippen LogP contribution >= 0.6 is 0 Å². The Morgan fingerprint density at radius 3 is 2.55 bits per heavy atom. The summed E-state index contributed by atoms with van der Waals surface area (Å²) in [5.74, 6) is -1.16. The van der Waals surface area contributed by atoms with E-state index in [2.05, 4.69) is 25.2 Å². The van der Waals surface area contributed by atoms with Crippen LogP contribution in [0.5, 0.6) is 5.75 Å². The van der Waals surface area contributed by atoms with E-state index in [0.717, 1.165) is 34.1 Å². The summed E-state index contributed by atoms with van der Waals surface area (Å²) >= 11 is 0. The lowest BCUT2D eigenvalue weighted by molar-refractivity contribution is -0.149. The summed E-state index contributed by atoms with van der Waals surface area (Å²) in [6.45, 7) is 8.02. The molecule has 2 N–H and O–H groups in total. The minimum atomic E-state index is -1.13. The lowest BCUT2D eigenvalue weighted by Crippen LogP contribution is -2.54. The van der Waals surface area contributed by atoms with E-state index in [0.29, 0.717) is 6.42 Å². The number of cyclic esters (lactones) is 1. The van der Waals surface area contributed by atoms with E-state index < -0.39 is 35.7 Å². The first-order valence-corrected chi connectivity index (χ1v) is 13.7. The van der Waals surface area contributed by atoms with Crippen molar-refractivity contribution >= 4 is 34.8 Å². The van der Waals surface area contributed by atoms with Gasteiger partial charge in [0, 0.05) is 19.1 Å². The van der Waals surface area contributed by atoms with Crippen LogP contribution in [-0.4, -0.2) is 67.4 Å². The topological polar surface area (TPSA) is 114 Å². The number of aliphatic carboxylic acids is 1. The van der Waals surface area contributed by atoms with Gasteiger partial charge in [-0.05, 0) is 58.7 Å². The first-order chi connectivity index (χ1) is 18.9. The van der Waals surface area contributed by atoms with E-state index in [1.807, 2.05) is 36.4 Å². The van der Waals surface area contributed by atoms with Crippen LogP contribution in [0.2, 0.25) is 0 Å². The highest BCUT2D eigenvalue weighted by Gasteiger charge is 2.52. The number of carboxylic acid groups (broad SMARTS) is 1. The second kappa shape index (κ2) is 11.5. The van der Waals surface area contributed by atoms with E-state index >= 15 is 0 Å². The smallest absolute Gasteiger partial charge is 0.407 e. The number of nitrogens with one attached hydrogen (secondary N) is 1. The molecule has 3 atom stereocenters. The minimum absolute atomic E-state index is 0.0296. The predicted octanol–water partition coefficient (Wildman–Crippen LogP) is 4.96. The standard InChI is InChI=1S/C31H40N2O7/c1-19(2)26-27(34)33-18-31(39-6,17-24(33)28(35)36)23-10-9-20-16-25(38-5)21(14-22(20)15-23)8-7-11-30(3,4)12-13-40-29(37)32-26/h7-10,14-16,19,24,26H,11-13,17-18H2,1-6H3,(H,32,37)(H,35,36)/b8-7+/t24-,26-,31-/m0/s1. The van der Waals surface area contributed by atoms with Crippen molar-refractivity contribution in [3.05, 3.63) is 47.5 Å². The number of benzene rings is 2. The summed E-state index contributed by atoms with van der Waals surface area (Å²) in [4.78, 5) is 40.2. The molecule has 0 saturated carbocycles. The molecular weight excluding hydrogens is 512 g/mol. The zero-order valence-electron chi connectivity index (χ0n) is 24.2. The first kappa shape index (κ1) is 29.4. The van der Waals surface area contributed by atoms with Crippen LogP contribution in [0.25, 0.3) is 16.8 Å². The number of hydrogen-bond acceptors (Lipinski definition) is 6. The molecule has 4 rings (SSSR count). The van der Waals surface area contributed by atoms with E-state index in [1.165, 1.54) is 12.0 Å². The van der Waals surface area contributed by atoms with E-state index in [1.54, 1.807) is 21.0 Å². The number of fused-ring (bicyclic) bond motifs is 5. The molecule has 1 saturated heterocycles. The Morgan fingerprint density at radius 1 is 1.15 bits per heavy atom. The Bertz CT molecular complexity index is 1320. The third kappa shape index (κ3) is 5.94. The first-order valence-electron chi connectivity index (χ1n) is 13.7. The van der Waals surface area contributed by atoms with Crippen LogP contribution in [0.15, 0.2) is 36.4 Å². The molecule has 2 aliphatic rings. The summed E-state index contributed by atoms with van der Waals surface area (Å²) in [5.41, 5.74) is 0.498. The zero-order valence-corrected chi connectivity index (χ0v) is 24.2. The molecule has 0 spiro atoms. The van der Waals surface area contributed by atoms with Crippen LogP contribution in [-0.2, 0) is 24.7 Å². The van der Waals surface area contributed by atoms with Gasteiger partial charge in [-0.3, -0.25) is 4.79 Å². The van der Waals surface area contributed by atoms with Gasteiger partial charge in [0.2, 0.25) is 5.91 Å². The normalized spacial score (nSPS) is 26.2. The molecule has 2 aromatic carbocycles. The Hall–Kier alpha value is -3.59. The van der Waals surface area contributed by atoms with Crippen molar-refractivity contribution in [1.82, 2.24) is 10.2 Å². The van der Waals surface area contributed by atoms with E-state index in [-0.39, 0.29) is 30.9 Å². The van der Waals surface area contributed by atoms with Gasteiger partial charge >= 0.3 is 12.1 Å². The van der Waals surface area contributed by atoms with Gasteiger partial charge in [0.1, 0.15) is 23.4 Å². The van der Waals surface area contributed by atoms with Crippen molar-refractivity contribution < 1.29 is 33.7 Å². The van der Waals surface area contributed by atoms with Crippen LogP contribution in [0.4, 0.5) is 4.79 Å². The highest BCUT2D eigenvalue weighted by Crippen LogP contribution is 2.41. The maximum absolute atomic E-state index is 13.8. The van der Waals surface area contributed by atoms with Crippen LogP contribution in [0.3, 0.4) is 0 Å². The molecule has 2 aromatic rings. The third-order valence-corrected chi connectivity index (χ3v) is 8.18. The summed E-state index contributed by atoms with van der Waals surface area (Å²) in [5, 5.41) is 14.7. The van der Waals surface area contributed by atoms with Gasteiger partial charge in [-0.1, -0.05) is 52.0 Å². The van der Waals surface area contributed by atoms with Gasteiger partial charge in [0.15, 0.2) is 0 Å². The van der Waals surface area contributed by atoms with Gasteiger partial charge < -0.3 is 29.5 Å². The SMILES string of the molecule is COc1cc2ccc3cc2cc1/C=C/CC(C)(C)CCOC(=O)N[C@@H](C(C)C)C(=O)N1C[C@@]3(OC)C[C@H]1C(=O)O. The fourth-order valence-corrected chi connectivity index (χ4v) is 5.57.